The van der Waals surface area contributed by atoms with Gasteiger partial charge in [-0.2, -0.15) is 15.0 Å². The summed E-state index contributed by atoms with van der Waals surface area (Å²) in [7, 11) is 0. The highest BCUT2D eigenvalue weighted by molar-refractivity contribution is 5.71. The number of aromatic nitrogens is 3. The average molecular weight is 397 g/mol. The number of aryl methyl sites for hydroxylation is 1. The molecule has 0 atom stereocenters. The fraction of sp³-hybridized carbons (Fsp3) is 0.200. The van der Waals surface area contributed by atoms with Crippen LogP contribution in [0.1, 0.15) is 18.3 Å². The van der Waals surface area contributed by atoms with E-state index >= 15 is 0 Å². The predicted octanol–water partition coefficient (Wildman–Crippen LogP) is 3.02. The molecule has 9 heteroatoms. The third kappa shape index (κ3) is 5.61. The molecule has 0 saturated carbocycles. The van der Waals surface area contributed by atoms with Crippen molar-refractivity contribution in [2.75, 3.05) is 17.7 Å². The van der Waals surface area contributed by atoms with Crippen molar-refractivity contribution in [3.63, 3.8) is 0 Å². The van der Waals surface area contributed by atoms with Crippen LogP contribution in [0.15, 0.2) is 48.5 Å². The molecule has 0 aliphatic rings. The van der Waals surface area contributed by atoms with Gasteiger partial charge in [0.15, 0.2) is 30.6 Å². The van der Waals surface area contributed by atoms with Crippen LogP contribution in [0.2, 0.25) is 0 Å². The zero-order valence-electron chi connectivity index (χ0n) is 15.8. The van der Waals surface area contributed by atoms with Crippen LogP contribution < -0.4 is 15.8 Å². The van der Waals surface area contributed by atoms with Crippen LogP contribution in [-0.2, 0) is 22.6 Å². The molecule has 0 aliphatic heterocycles. The second-order valence-corrected chi connectivity index (χ2v) is 5.95. The Bertz CT molecular complexity index is 999. The maximum Gasteiger partial charge on any atom is 0.344 e. The molecule has 3 rings (SSSR count). The molecule has 3 N–H and O–H groups in total. The number of rotatable bonds is 8. The molecule has 1 aromatic heterocycles. The SMILES string of the molecule is CCc1ccccc1Nc1nc(N)nc(COC(=O)COc2ccccc2F)n1. The summed E-state index contributed by atoms with van der Waals surface area (Å²) >= 11 is 0. The van der Waals surface area contributed by atoms with Gasteiger partial charge in [0.05, 0.1) is 0 Å². The van der Waals surface area contributed by atoms with Gasteiger partial charge in [-0.15, -0.1) is 0 Å². The first kappa shape index (κ1) is 20.0. The van der Waals surface area contributed by atoms with Gasteiger partial charge in [-0.3, -0.25) is 0 Å². The minimum absolute atomic E-state index is 0.00913. The molecule has 0 amide bonds. The van der Waals surface area contributed by atoms with Crippen LogP contribution in [0.3, 0.4) is 0 Å². The lowest BCUT2D eigenvalue weighted by Gasteiger charge is -2.11. The van der Waals surface area contributed by atoms with Crippen molar-refractivity contribution in [3.05, 3.63) is 65.7 Å². The number of carbonyl (C=O) groups is 1. The number of nitrogens with two attached hydrogens (primary N) is 1. The van der Waals surface area contributed by atoms with Gasteiger partial charge in [-0.1, -0.05) is 37.3 Å². The predicted molar refractivity (Wildman–Crippen MR) is 105 cm³/mol. The van der Waals surface area contributed by atoms with Gasteiger partial charge in [0.2, 0.25) is 11.9 Å². The smallest absolute Gasteiger partial charge is 0.344 e. The lowest BCUT2D eigenvalue weighted by Crippen LogP contribution is -2.17. The number of para-hydroxylation sites is 2. The van der Waals surface area contributed by atoms with E-state index < -0.39 is 18.4 Å². The topological polar surface area (TPSA) is 112 Å². The maximum absolute atomic E-state index is 13.5. The molecule has 0 bridgehead atoms. The van der Waals surface area contributed by atoms with Crippen LogP contribution in [0.25, 0.3) is 0 Å². The van der Waals surface area contributed by atoms with Gasteiger partial charge >= 0.3 is 5.97 Å². The molecule has 0 unspecified atom stereocenters. The summed E-state index contributed by atoms with van der Waals surface area (Å²) in [5.74, 6) is -0.882. The van der Waals surface area contributed by atoms with Crippen molar-refractivity contribution >= 4 is 23.6 Å². The quantitative estimate of drug-likeness (QED) is 0.558. The Morgan fingerprint density at radius 1 is 1.10 bits per heavy atom. The normalized spacial score (nSPS) is 10.4. The highest BCUT2D eigenvalue weighted by atomic mass is 19.1. The van der Waals surface area contributed by atoms with E-state index in [9.17, 15) is 9.18 Å². The van der Waals surface area contributed by atoms with Crippen molar-refractivity contribution < 1.29 is 18.7 Å². The minimum atomic E-state index is -0.696. The molecule has 0 fully saturated rings. The third-order valence-electron chi connectivity index (χ3n) is 3.89. The van der Waals surface area contributed by atoms with Crippen molar-refractivity contribution in [2.24, 2.45) is 0 Å². The van der Waals surface area contributed by atoms with Gasteiger partial charge in [-0.25, -0.2) is 9.18 Å². The number of benzene rings is 2. The first-order chi connectivity index (χ1) is 14.0. The molecule has 0 spiro atoms. The van der Waals surface area contributed by atoms with Crippen LogP contribution in [0.4, 0.5) is 22.0 Å². The number of nitrogen functional groups attached to an aromatic ring is 1. The van der Waals surface area contributed by atoms with E-state index in [0.29, 0.717) is 0 Å². The minimum Gasteiger partial charge on any atom is -0.479 e. The summed E-state index contributed by atoms with van der Waals surface area (Å²) in [4.78, 5) is 24.1. The van der Waals surface area contributed by atoms with E-state index in [2.05, 4.69) is 20.3 Å². The van der Waals surface area contributed by atoms with Gasteiger partial charge < -0.3 is 20.5 Å². The van der Waals surface area contributed by atoms with Crippen LogP contribution >= 0.6 is 0 Å². The molecule has 0 saturated heterocycles. The number of hydrogen-bond acceptors (Lipinski definition) is 8. The molecular formula is C20H20FN5O3. The zero-order chi connectivity index (χ0) is 20.6. The molecule has 150 valence electrons. The number of nitrogens with zero attached hydrogens (tertiary/aromatic N) is 3. The van der Waals surface area contributed by atoms with Gasteiger partial charge in [0.25, 0.3) is 0 Å². The van der Waals surface area contributed by atoms with E-state index in [4.69, 9.17) is 15.2 Å². The fourth-order valence-electron chi connectivity index (χ4n) is 2.51. The van der Waals surface area contributed by atoms with Crippen molar-refractivity contribution in [1.29, 1.82) is 0 Å². The summed E-state index contributed by atoms with van der Waals surface area (Å²) < 4.78 is 23.7. The first-order valence-electron chi connectivity index (χ1n) is 8.93. The lowest BCUT2D eigenvalue weighted by atomic mass is 10.1. The molecule has 0 aliphatic carbocycles. The van der Waals surface area contributed by atoms with Crippen molar-refractivity contribution in [3.8, 4) is 5.75 Å². The number of carbonyl (C=O) groups excluding carboxylic acids is 1. The summed E-state index contributed by atoms with van der Waals surface area (Å²) in [6.07, 6.45) is 0.830. The Morgan fingerprint density at radius 3 is 2.66 bits per heavy atom. The number of esters is 1. The summed E-state index contributed by atoms with van der Waals surface area (Å²) in [5.41, 5.74) is 7.67. The summed E-state index contributed by atoms with van der Waals surface area (Å²) in [6, 6.07) is 13.5. The Labute approximate surface area is 166 Å². The van der Waals surface area contributed by atoms with Gasteiger partial charge in [-0.05, 0) is 30.2 Å². The Hall–Kier alpha value is -3.75. The van der Waals surface area contributed by atoms with Crippen LogP contribution in [0.5, 0.6) is 5.75 Å². The van der Waals surface area contributed by atoms with E-state index in [0.717, 1.165) is 17.7 Å². The van der Waals surface area contributed by atoms with E-state index in [1.165, 1.54) is 18.2 Å². The molecule has 3 aromatic rings. The first-order valence-corrected chi connectivity index (χ1v) is 8.93. The van der Waals surface area contributed by atoms with E-state index in [-0.39, 0.29) is 30.1 Å². The Balaban J connectivity index is 1.59. The third-order valence-corrected chi connectivity index (χ3v) is 3.89. The molecule has 8 nitrogen and oxygen atoms in total. The second-order valence-electron chi connectivity index (χ2n) is 5.95. The maximum atomic E-state index is 13.5. The highest BCUT2D eigenvalue weighted by Crippen LogP contribution is 2.19. The summed E-state index contributed by atoms with van der Waals surface area (Å²) in [5, 5.41) is 3.10. The highest BCUT2D eigenvalue weighted by Gasteiger charge is 2.11. The largest absolute Gasteiger partial charge is 0.479 e. The zero-order valence-corrected chi connectivity index (χ0v) is 15.8. The Morgan fingerprint density at radius 2 is 1.86 bits per heavy atom. The standard InChI is InChI=1S/C20H20FN5O3/c1-2-13-7-3-5-9-15(13)23-20-25-17(24-19(22)26-20)11-29-18(27)12-28-16-10-6-4-8-14(16)21/h3-10H,2,11-12H2,1H3,(H3,22,23,24,25,26). The molecule has 1 heterocycles. The second kappa shape index (κ2) is 9.45. The monoisotopic (exact) mass is 397 g/mol. The van der Waals surface area contributed by atoms with Crippen molar-refractivity contribution in [1.82, 2.24) is 15.0 Å². The average Bonchev–Trinajstić information content (AvgIpc) is 2.71. The summed E-state index contributed by atoms with van der Waals surface area (Å²) in [6.45, 7) is 1.36. The molecule has 0 radical (unpaired) electrons. The van der Waals surface area contributed by atoms with Gasteiger partial charge in [0.1, 0.15) is 0 Å². The van der Waals surface area contributed by atoms with Crippen LogP contribution in [0, 0.1) is 5.82 Å². The molecule has 29 heavy (non-hydrogen) atoms. The van der Waals surface area contributed by atoms with Crippen molar-refractivity contribution in [2.45, 2.75) is 20.0 Å². The number of anilines is 3. The number of halogens is 1. The van der Waals surface area contributed by atoms with E-state index in [1.54, 1.807) is 6.07 Å². The number of ether oxygens (including phenoxy) is 2. The number of hydrogen-bond donors (Lipinski definition) is 2. The fourth-order valence-corrected chi connectivity index (χ4v) is 2.51. The molecular weight excluding hydrogens is 377 g/mol. The Kier molecular flexibility index (Phi) is 6.51. The number of nitrogens with one attached hydrogen (secondary N) is 1. The van der Waals surface area contributed by atoms with Gasteiger partial charge in [0, 0.05) is 5.69 Å². The molecule has 2 aromatic carbocycles. The van der Waals surface area contributed by atoms with Crippen LogP contribution in [-0.4, -0.2) is 27.5 Å². The lowest BCUT2D eigenvalue weighted by molar-refractivity contribution is -0.147. The van der Waals surface area contributed by atoms with E-state index in [1.807, 2.05) is 31.2 Å².